The Morgan fingerprint density at radius 2 is 1.57 bits per heavy atom. The molecule has 238 valence electrons. The number of ether oxygens (including phenoxy) is 3. The molecule has 2 aromatic heterocycles. The number of hydrogen-bond acceptors (Lipinski definition) is 6. The van der Waals surface area contributed by atoms with Crippen molar-refractivity contribution in [2.75, 3.05) is 6.54 Å². The molecule has 1 aliphatic rings. The Balaban J connectivity index is 1.26. The van der Waals surface area contributed by atoms with Gasteiger partial charge in [0.2, 0.25) is 11.8 Å². The largest absolute Gasteiger partial charge is 0.473 e. The molecule has 8 nitrogen and oxygen atoms in total. The van der Waals surface area contributed by atoms with Crippen molar-refractivity contribution in [2.45, 2.75) is 71.3 Å². The molecule has 0 aliphatic carbocycles. The van der Waals surface area contributed by atoms with Crippen molar-refractivity contribution in [3.63, 3.8) is 0 Å². The van der Waals surface area contributed by atoms with E-state index < -0.39 is 5.60 Å². The van der Waals surface area contributed by atoms with Crippen molar-refractivity contribution in [3.8, 4) is 23.0 Å². The number of pyridine rings is 1. The number of amides is 1. The molecule has 3 heterocycles. The van der Waals surface area contributed by atoms with Gasteiger partial charge in [0.15, 0.2) is 0 Å². The molecule has 0 saturated carbocycles. The molecule has 2 atom stereocenters. The molecule has 5 aromatic rings. The van der Waals surface area contributed by atoms with Gasteiger partial charge in [-0.25, -0.2) is 4.79 Å². The molecule has 6 rings (SSSR count). The summed E-state index contributed by atoms with van der Waals surface area (Å²) in [6.07, 6.45) is 1.52. The number of fused-ring (bicyclic) bond motifs is 1. The minimum absolute atomic E-state index is 0.0874. The number of aryl methyl sites for hydroxylation is 1. The number of benzene rings is 3. The number of nitrogens with zero attached hydrogens (tertiary/aromatic N) is 4. The van der Waals surface area contributed by atoms with Crippen LogP contribution in [0.15, 0.2) is 91.0 Å². The molecule has 0 radical (unpaired) electrons. The van der Waals surface area contributed by atoms with Gasteiger partial charge >= 0.3 is 6.09 Å². The summed E-state index contributed by atoms with van der Waals surface area (Å²) in [6.45, 7) is 9.27. The first-order valence-electron chi connectivity index (χ1n) is 16.0. The summed E-state index contributed by atoms with van der Waals surface area (Å²) >= 11 is 0. The maximum absolute atomic E-state index is 12.8. The Morgan fingerprint density at radius 1 is 0.891 bits per heavy atom. The van der Waals surface area contributed by atoms with Gasteiger partial charge < -0.3 is 19.1 Å². The van der Waals surface area contributed by atoms with Crippen LogP contribution in [0.1, 0.15) is 63.1 Å². The zero-order valence-corrected chi connectivity index (χ0v) is 27.3. The average molecular weight is 619 g/mol. The van der Waals surface area contributed by atoms with E-state index in [1.807, 2.05) is 110 Å². The van der Waals surface area contributed by atoms with Crippen LogP contribution in [0.5, 0.6) is 11.8 Å². The van der Waals surface area contributed by atoms with Gasteiger partial charge in [-0.1, -0.05) is 72.8 Å². The summed E-state index contributed by atoms with van der Waals surface area (Å²) < 4.78 is 20.0. The highest BCUT2D eigenvalue weighted by atomic mass is 16.6. The average Bonchev–Trinajstić information content (AvgIpc) is 3.38. The second kappa shape index (κ2) is 13.3. The third-order valence-electron chi connectivity index (χ3n) is 8.39. The molecule has 1 saturated heterocycles. The highest BCUT2D eigenvalue weighted by Gasteiger charge is 2.32. The van der Waals surface area contributed by atoms with E-state index in [1.165, 1.54) is 5.56 Å². The predicted molar refractivity (Wildman–Crippen MR) is 180 cm³/mol. The van der Waals surface area contributed by atoms with E-state index in [9.17, 15) is 4.79 Å². The fourth-order valence-corrected chi connectivity index (χ4v) is 6.05. The van der Waals surface area contributed by atoms with Crippen LogP contribution in [0, 0.1) is 0 Å². The van der Waals surface area contributed by atoms with Crippen LogP contribution < -0.4 is 9.47 Å². The molecule has 0 bridgehead atoms. The molecule has 3 aromatic carbocycles. The van der Waals surface area contributed by atoms with Crippen molar-refractivity contribution in [2.24, 2.45) is 7.05 Å². The summed E-state index contributed by atoms with van der Waals surface area (Å²) in [6, 6.07) is 30.6. The molecular formula is C38H42N4O4. The number of rotatable bonds is 8. The fourth-order valence-electron chi connectivity index (χ4n) is 6.05. The second-order valence-electron chi connectivity index (χ2n) is 13.0. The van der Waals surface area contributed by atoms with Crippen molar-refractivity contribution >= 4 is 17.0 Å². The van der Waals surface area contributed by atoms with Gasteiger partial charge in [0.1, 0.15) is 24.5 Å². The van der Waals surface area contributed by atoms with Crippen LogP contribution in [0.3, 0.4) is 0 Å². The lowest BCUT2D eigenvalue weighted by Gasteiger charge is -2.38. The maximum Gasteiger partial charge on any atom is 0.410 e. The van der Waals surface area contributed by atoms with Crippen LogP contribution >= 0.6 is 0 Å². The van der Waals surface area contributed by atoms with Crippen molar-refractivity contribution < 1.29 is 19.0 Å². The van der Waals surface area contributed by atoms with Gasteiger partial charge in [-0.05, 0) is 75.3 Å². The standard InChI is InChI=1S/C38H42N4O4/c1-26-22-30(20-21-42(26)37(43)46-38(2,3)4)29-16-17-31-33(23-29)41(5)40-35(31)32-18-19-34(44-24-27-12-8-6-9-13-27)39-36(32)45-25-28-14-10-7-11-15-28/h6-19,23,26,30H,20-22,24-25H2,1-5H3/t26-,30-/m0/s1. The van der Waals surface area contributed by atoms with Gasteiger partial charge in [0.25, 0.3) is 0 Å². The quantitative estimate of drug-likeness (QED) is 0.174. The number of carbonyl (C=O) groups is 1. The normalized spacial score (nSPS) is 16.8. The number of likely N-dealkylation sites (tertiary alicyclic amines) is 1. The number of carbonyl (C=O) groups excluding carboxylic acids is 1. The van der Waals surface area contributed by atoms with E-state index in [1.54, 1.807) is 0 Å². The van der Waals surface area contributed by atoms with E-state index in [0.717, 1.165) is 46.1 Å². The van der Waals surface area contributed by atoms with Crippen LogP contribution in [-0.4, -0.2) is 43.9 Å². The monoisotopic (exact) mass is 618 g/mol. The van der Waals surface area contributed by atoms with Gasteiger partial charge in [0.05, 0.1) is 11.1 Å². The van der Waals surface area contributed by atoms with Crippen LogP contribution in [0.4, 0.5) is 4.79 Å². The number of hydrogen-bond donors (Lipinski definition) is 0. The zero-order valence-electron chi connectivity index (χ0n) is 27.3. The molecule has 1 amide bonds. The number of piperidine rings is 1. The van der Waals surface area contributed by atoms with E-state index in [-0.39, 0.29) is 12.1 Å². The van der Waals surface area contributed by atoms with Gasteiger partial charge in [-0.3, -0.25) is 4.68 Å². The summed E-state index contributed by atoms with van der Waals surface area (Å²) in [5.74, 6) is 1.30. The lowest BCUT2D eigenvalue weighted by Crippen LogP contribution is -2.46. The van der Waals surface area contributed by atoms with Gasteiger partial charge in [-0.15, -0.1) is 0 Å². The van der Waals surface area contributed by atoms with Crippen LogP contribution in [0.25, 0.3) is 22.2 Å². The first-order valence-corrected chi connectivity index (χ1v) is 16.0. The molecule has 0 spiro atoms. The topological polar surface area (TPSA) is 78.7 Å². The van der Waals surface area contributed by atoms with Gasteiger partial charge in [0, 0.05) is 31.1 Å². The lowest BCUT2D eigenvalue weighted by atomic mass is 9.85. The molecule has 0 N–H and O–H groups in total. The summed E-state index contributed by atoms with van der Waals surface area (Å²) in [5.41, 5.74) is 5.51. The minimum Gasteiger partial charge on any atom is -0.473 e. The molecule has 1 aliphatic heterocycles. The summed E-state index contributed by atoms with van der Waals surface area (Å²) in [4.78, 5) is 19.4. The Labute approximate surface area is 270 Å². The highest BCUT2D eigenvalue weighted by Crippen LogP contribution is 2.38. The second-order valence-corrected chi connectivity index (χ2v) is 13.0. The number of aromatic nitrogens is 3. The highest BCUT2D eigenvalue weighted by molar-refractivity contribution is 5.95. The van der Waals surface area contributed by atoms with E-state index in [0.29, 0.717) is 37.4 Å². The smallest absolute Gasteiger partial charge is 0.410 e. The van der Waals surface area contributed by atoms with Crippen LogP contribution in [-0.2, 0) is 25.0 Å². The zero-order chi connectivity index (χ0) is 32.3. The van der Waals surface area contributed by atoms with Crippen molar-refractivity contribution in [1.82, 2.24) is 19.7 Å². The van der Waals surface area contributed by atoms with E-state index in [4.69, 9.17) is 24.3 Å². The first kappa shape index (κ1) is 31.1. The Bertz CT molecular complexity index is 1800. The van der Waals surface area contributed by atoms with E-state index in [2.05, 4.69) is 25.1 Å². The lowest BCUT2D eigenvalue weighted by molar-refractivity contribution is 0.0103. The fraction of sp³-hybridized carbons (Fsp3) is 0.342. The SMILES string of the molecule is C[C@H]1C[C@@H](c2ccc3c(-c4ccc(OCc5ccccc5)nc4OCc4ccccc4)nn(C)c3c2)CCN1C(=O)OC(C)(C)C. The van der Waals surface area contributed by atoms with Gasteiger partial charge in [-0.2, -0.15) is 10.1 Å². The Kier molecular flexibility index (Phi) is 8.97. The molecular weight excluding hydrogens is 576 g/mol. The van der Waals surface area contributed by atoms with Crippen molar-refractivity contribution in [1.29, 1.82) is 0 Å². The summed E-state index contributed by atoms with van der Waals surface area (Å²) in [5, 5.41) is 5.98. The van der Waals surface area contributed by atoms with Crippen LogP contribution in [0.2, 0.25) is 0 Å². The molecule has 0 unspecified atom stereocenters. The minimum atomic E-state index is -0.507. The van der Waals surface area contributed by atoms with Crippen molar-refractivity contribution in [3.05, 3.63) is 108 Å². The maximum atomic E-state index is 12.8. The summed E-state index contributed by atoms with van der Waals surface area (Å²) in [7, 11) is 1.97. The first-order chi connectivity index (χ1) is 22.1. The van der Waals surface area contributed by atoms with E-state index >= 15 is 0 Å². The molecule has 1 fully saturated rings. The Hall–Kier alpha value is -4.85. The molecule has 8 heteroatoms. The third kappa shape index (κ3) is 7.17. The Morgan fingerprint density at radius 3 is 2.22 bits per heavy atom. The predicted octanol–water partition coefficient (Wildman–Crippen LogP) is 8.30. The molecule has 46 heavy (non-hydrogen) atoms. The third-order valence-corrected chi connectivity index (χ3v) is 8.39.